The lowest BCUT2D eigenvalue weighted by molar-refractivity contribution is -0.122. The summed E-state index contributed by atoms with van der Waals surface area (Å²) in [6.07, 6.45) is 6.80. The van der Waals surface area contributed by atoms with E-state index in [9.17, 15) is 14.4 Å². The van der Waals surface area contributed by atoms with Crippen LogP contribution in [0.15, 0.2) is 0 Å². The van der Waals surface area contributed by atoms with E-state index in [1.54, 1.807) is 0 Å². The smallest absolute Gasteiger partial charge is 0.315 e. The van der Waals surface area contributed by atoms with Gasteiger partial charge in [-0.2, -0.15) is 11.8 Å². The third-order valence-corrected chi connectivity index (χ3v) is 6.70. The highest BCUT2D eigenvalue weighted by Gasteiger charge is 2.42. The normalized spacial score (nSPS) is 23.2. The van der Waals surface area contributed by atoms with Gasteiger partial charge in [0.15, 0.2) is 0 Å². The quantitative estimate of drug-likeness (QED) is 0.275. The molecule has 0 saturated carbocycles. The van der Waals surface area contributed by atoms with E-state index in [0.29, 0.717) is 30.6 Å². The molecule has 3 atom stereocenters. The number of rotatable bonds is 13. The van der Waals surface area contributed by atoms with Gasteiger partial charge in [-0.1, -0.05) is 26.7 Å². The van der Waals surface area contributed by atoms with Crippen LogP contribution in [0.4, 0.5) is 4.79 Å². The molecule has 2 heterocycles. The predicted octanol–water partition coefficient (Wildman–Crippen LogP) is 2.16. The van der Waals surface area contributed by atoms with Gasteiger partial charge in [-0.3, -0.25) is 9.59 Å². The number of urea groups is 1. The first-order valence-electron chi connectivity index (χ1n) is 10.7. The third kappa shape index (κ3) is 8.29. The largest absolute Gasteiger partial charge is 0.356 e. The molecule has 4 N–H and O–H groups in total. The van der Waals surface area contributed by atoms with Crippen LogP contribution in [-0.4, -0.2) is 54.0 Å². The summed E-state index contributed by atoms with van der Waals surface area (Å²) in [7, 11) is 0. The molecular weight excluding hydrogens is 376 g/mol. The van der Waals surface area contributed by atoms with Crippen molar-refractivity contribution >= 4 is 29.6 Å². The first-order chi connectivity index (χ1) is 13.5. The molecule has 0 bridgehead atoms. The molecule has 2 aliphatic heterocycles. The molecule has 0 aromatic rings. The number of fused-ring (bicyclic) bond motifs is 1. The minimum Gasteiger partial charge on any atom is -0.356 e. The van der Waals surface area contributed by atoms with E-state index in [0.717, 1.165) is 50.8 Å². The van der Waals surface area contributed by atoms with Crippen LogP contribution in [0.25, 0.3) is 0 Å². The van der Waals surface area contributed by atoms with Crippen LogP contribution in [0.2, 0.25) is 0 Å². The van der Waals surface area contributed by atoms with Crippen molar-refractivity contribution in [3.8, 4) is 0 Å². The lowest BCUT2D eigenvalue weighted by atomic mass is 10.0. The van der Waals surface area contributed by atoms with Gasteiger partial charge >= 0.3 is 6.03 Å². The number of nitrogens with one attached hydrogen (secondary N) is 4. The summed E-state index contributed by atoms with van der Waals surface area (Å²) in [5, 5.41) is 12.3. The fourth-order valence-corrected chi connectivity index (χ4v) is 5.13. The van der Waals surface area contributed by atoms with Crippen LogP contribution < -0.4 is 21.3 Å². The van der Waals surface area contributed by atoms with Gasteiger partial charge in [-0.15, -0.1) is 0 Å². The van der Waals surface area contributed by atoms with E-state index >= 15 is 0 Å². The molecule has 2 fully saturated rings. The fourth-order valence-electron chi connectivity index (χ4n) is 3.58. The van der Waals surface area contributed by atoms with Crippen molar-refractivity contribution in [3.63, 3.8) is 0 Å². The molecule has 28 heavy (non-hydrogen) atoms. The standard InChI is InChI=1S/C20H36N4O3S/c1-14(2)12-22-18(26)9-4-3-7-11-21-17(25)10-6-5-8-16-19-15(13-28-16)23-20(27)24-19/h14-16,19H,3-13H2,1-2H3,(H,21,25)(H,22,26)(H2,23,24,27). The van der Waals surface area contributed by atoms with Gasteiger partial charge < -0.3 is 21.3 Å². The summed E-state index contributed by atoms with van der Waals surface area (Å²) < 4.78 is 0. The van der Waals surface area contributed by atoms with Crippen LogP contribution >= 0.6 is 11.8 Å². The molecule has 8 heteroatoms. The van der Waals surface area contributed by atoms with Gasteiger partial charge in [-0.05, 0) is 31.6 Å². The van der Waals surface area contributed by atoms with E-state index in [4.69, 9.17) is 0 Å². The summed E-state index contributed by atoms with van der Waals surface area (Å²) in [6, 6.07) is 0.474. The summed E-state index contributed by atoms with van der Waals surface area (Å²) >= 11 is 1.92. The van der Waals surface area contributed by atoms with Gasteiger partial charge in [-0.25, -0.2) is 4.79 Å². The Balaban J connectivity index is 1.40. The Morgan fingerprint density at radius 3 is 2.50 bits per heavy atom. The number of carbonyl (C=O) groups is 3. The Hall–Kier alpha value is -1.44. The molecule has 2 saturated heterocycles. The molecule has 0 radical (unpaired) electrons. The number of carbonyl (C=O) groups excluding carboxylic acids is 3. The molecule has 3 unspecified atom stereocenters. The van der Waals surface area contributed by atoms with Crippen LogP contribution in [-0.2, 0) is 9.59 Å². The molecule has 2 rings (SSSR count). The minimum atomic E-state index is -0.0455. The van der Waals surface area contributed by atoms with Crippen molar-refractivity contribution in [2.24, 2.45) is 5.92 Å². The fraction of sp³-hybridized carbons (Fsp3) is 0.850. The molecule has 7 nitrogen and oxygen atoms in total. The van der Waals surface area contributed by atoms with E-state index in [1.165, 1.54) is 0 Å². The number of thioether (sulfide) groups is 1. The highest BCUT2D eigenvalue weighted by molar-refractivity contribution is 8.00. The first-order valence-corrected chi connectivity index (χ1v) is 11.7. The lowest BCUT2D eigenvalue weighted by Gasteiger charge is -2.16. The van der Waals surface area contributed by atoms with Gasteiger partial charge in [0.2, 0.25) is 11.8 Å². The Labute approximate surface area is 172 Å². The number of hydrogen-bond donors (Lipinski definition) is 4. The second-order valence-corrected chi connectivity index (χ2v) is 9.50. The lowest BCUT2D eigenvalue weighted by Crippen LogP contribution is -2.36. The summed E-state index contributed by atoms with van der Waals surface area (Å²) in [5.74, 6) is 1.70. The van der Waals surface area contributed by atoms with Crippen molar-refractivity contribution in [1.82, 2.24) is 21.3 Å². The second kappa shape index (κ2) is 12.2. The zero-order chi connectivity index (χ0) is 20.4. The maximum Gasteiger partial charge on any atom is 0.315 e. The predicted molar refractivity (Wildman–Crippen MR) is 113 cm³/mol. The summed E-state index contributed by atoms with van der Waals surface area (Å²) in [6.45, 7) is 5.59. The van der Waals surface area contributed by atoms with Crippen LogP contribution in [0.5, 0.6) is 0 Å². The minimum absolute atomic E-state index is 0.0455. The van der Waals surface area contributed by atoms with Crippen molar-refractivity contribution in [3.05, 3.63) is 0 Å². The van der Waals surface area contributed by atoms with Crippen molar-refractivity contribution in [2.75, 3.05) is 18.8 Å². The molecule has 4 amide bonds. The van der Waals surface area contributed by atoms with Gasteiger partial charge in [0.25, 0.3) is 0 Å². The Morgan fingerprint density at radius 1 is 1.04 bits per heavy atom. The highest BCUT2D eigenvalue weighted by Crippen LogP contribution is 2.33. The average molecular weight is 413 g/mol. The number of unbranched alkanes of at least 4 members (excludes halogenated alkanes) is 3. The molecule has 2 aliphatic rings. The Kier molecular flexibility index (Phi) is 9.95. The topological polar surface area (TPSA) is 99.3 Å². The molecule has 0 aromatic carbocycles. The van der Waals surface area contributed by atoms with Gasteiger partial charge in [0.1, 0.15) is 0 Å². The molecule has 0 spiro atoms. The van der Waals surface area contributed by atoms with Gasteiger partial charge in [0.05, 0.1) is 12.1 Å². The zero-order valence-corrected chi connectivity index (χ0v) is 18.0. The monoisotopic (exact) mass is 412 g/mol. The van der Waals surface area contributed by atoms with E-state index in [1.807, 2.05) is 11.8 Å². The average Bonchev–Trinajstić information content (AvgIpc) is 3.19. The SMILES string of the molecule is CC(C)CNC(=O)CCCCCNC(=O)CCCCC1SCC2NC(=O)NC21. The number of hydrogen-bond acceptors (Lipinski definition) is 4. The van der Waals surface area contributed by atoms with Crippen molar-refractivity contribution in [1.29, 1.82) is 0 Å². The maximum absolute atomic E-state index is 11.9. The van der Waals surface area contributed by atoms with E-state index in [-0.39, 0.29) is 29.9 Å². The summed E-state index contributed by atoms with van der Waals surface area (Å²) in [5.41, 5.74) is 0. The Bertz CT molecular complexity index is 530. The summed E-state index contributed by atoms with van der Waals surface area (Å²) in [4.78, 5) is 34.9. The Morgan fingerprint density at radius 2 is 1.75 bits per heavy atom. The van der Waals surface area contributed by atoms with Crippen molar-refractivity contribution in [2.45, 2.75) is 82.5 Å². The first kappa shape index (κ1) is 22.8. The number of amides is 4. The molecular formula is C20H36N4O3S. The van der Waals surface area contributed by atoms with Crippen molar-refractivity contribution < 1.29 is 14.4 Å². The molecule has 160 valence electrons. The third-order valence-electron chi connectivity index (χ3n) is 5.19. The van der Waals surface area contributed by atoms with Crippen LogP contribution in [0.1, 0.15) is 65.2 Å². The van der Waals surface area contributed by atoms with Gasteiger partial charge in [0, 0.05) is 36.9 Å². The zero-order valence-electron chi connectivity index (χ0n) is 17.2. The van der Waals surface area contributed by atoms with E-state index in [2.05, 4.69) is 35.1 Å². The van der Waals surface area contributed by atoms with E-state index < -0.39 is 0 Å². The second-order valence-electron chi connectivity index (χ2n) is 8.23. The molecule has 0 aromatic heterocycles. The van der Waals surface area contributed by atoms with Crippen LogP contribution in [0.3, 0.4) is 0 Å². The highest BCUT2D eigenvalue weighted by atomic mass is 32.2. The van der Waals surface area contributed by atoms with Crippen LogP contribution in [0, 0.1) is 5.92 Å². The molecule has 0 aliphatic carbocycles. The maximum atomic E-state index is 11.9.